The van der Waals surface area contributed by atoms with Crippen molar-refractivity contribution in [3.8, 4) is 5.75 Å². The molecule has 0 aliphatic heterocycles. The second kappa shape index (κ2) is 17.2. The Morgan fingerprint density at radius 3 is 1.90 bits per heavy atom. The number of esters is 1. The molecule has 0 heterocycles. The van der Waals surface area contributed by atoms with Crippen molar-refractivity contribution < 1.29 is 9.53 Å². The van der Waals surface area contributed by atoms with Crippen LogP contribution in [0.25, 0.3) is 0 Å². The normalized spacial score (nSPS) is 11.4. The molecule has 0 amide bonds. The van der Waals surface area contributed by atoms with Gasteiger partial charge in [-0.05, 0) is 38.2 Å². The van der Waals surface area contributed by atoms with Crippen molar-refractivity contribution in [2.75, 3.05) is 0 Å². The Labute approximate surface area is 202 Å². The van der Waals surface area contributed by atoms with E-state index < -0.39 is 0 Å². The maximum Gasteiger partial charge on any atom is 0.311 e. The van der Waals surface area contributed by atoms with Crippen LogP contribution >= 0.6 is 46.4 Å². The quantitative estimate of drug-likeness (QED) is 0.0568. The second-order valence-corrected chi connectivity index (χ2v) is 9.18. The van der Waals surface area contributed by atoms with Gasteiger partial charge in [-0.2, -0.15) is 0 Å². The van der Waals surface area contributed by atoms with Crippen LogP contribution in [0.3, 0.4) is 0 Å². The van der Waals surface area contributed by atoms with Crippen molar-refractivity contribution >= 4 is 52.4 Å². The monoisotopic (exact) mass is 494 g/mol. The fourth-order valence-corrected chi connectivity index (χ4v) is 4.13. The number of rotatable bonds is 16. The predicted molar refractivity (Wildman–Crippen MR) is 132 cm³/mol. The largest absolute Gasteiger partial charge is 0.423 e. The molecule has 0 aromatic heterocycles. The van der Waals surface area contributed by atoms with Crippen LogP contribution in [-0.4, -0.2) is 5.97 Å². The van der Waals surface area contributed by atoms with Crippen LogP contribution in [-0.2, 0) is 4.79 Å². The molecule has 0 saturated carbocycles. The van der Waals surface area contributed by atoms with Gasteiger partial charge in [0.25, 0.3) is 0 Å². The van der Waals surface area contributed by atoms with Crippen LogP contribution in [0.5, 0.6) is 5.75 Å². The molecule has 0 bridgehead atoms. The molecule has 2 nitrogen and oxygen atoms in total. The number of hydrogen-bond acceptors (Lipinski definition) is 2. The zero-order valence-electron chi connectivity index (χ0n) is 18.0. The summed E-state index contributed by atoms with van der Waals surface area (Å²) in [6.45, 7) is 2.25. The summed E-state index contributed by atoms with van der Waals surface area (Å²) in [5.41, 5.74) is 0. The van der Waals surface area contributed by atoms with Crippen LogP contribution in [0.1, 0.15) is 96.8 Å². The Kier molecular flexibility index (Phi) is 15.8. The van der Waals surface area contributed by atoms with Gasteiger partial charge in [0.15, 0.2) is 5.75 Å². The highest BCUT2D eigenvalue weighted by atomic mass is 35.5. The fraction of sp³-hybridized carbons (Fsp3) is 0.625. The van der Waals surface area contributed by atoms with Crippen molar-refractivity contribution in [3.63, 3.8) is 0 Å². The highest BCUT2D eigenvalue weighted by Crippen LogP contribution is 2.42. The lowest BCUT2D eigenvalue weighted by Gasteiger charge is -2.10. The van der Waals surface area contributed by atoms with E-state index in [2.05, 4.69) is 19.1 Å². The first kappa shape index (κ1) is 27.6. The average molecular weight is 496 g/mol. The Morgan fingerprint density at radius 2 is 1.30 bits per heavy atom. The Hall–Kier alpha value is -0.410. The van der Waals surface area contributed by atoms with E-state index in [1.807, 2.05) is 0 Å². The Bertz CT molecular complexity index is 659. The first-order valence-electron chi connectivity index (χ1n) is 11.2. The van der Waals surface area contributed by atoms with Crippen LogP contribution in [0.4, 0.5) is 0 Å². The van der Waals surface area contributed by atoms with E-state index in [4.69, 9.17) is 51.1 Å². The number of unbranched alkanes of at least 4 members (excludes halogenated alkanes) is 11. The minimum atomic E-state index is -0.366. The molecule has 0 spiro atoms. The van der Waals surface area contributed by atoms with Gasteiger partial charge in [-0.15, -0.1) is 0 Å². The summed E-state index contributed by atoms with van der Waals surface area (Å²) < 4.78 is 5.28. The lowest BCUT2D eigenvalue weighted by atomic mass is 10.1. The summed E-state index contributed by atoms with van der Waals surface area (Å²) in [5, 5.41) is 0.592. The number of hydrogen-bond donors (Lipinski definition) is 0. The molecule has 0 atom stereocenters. The summed E-state index contributed by atoms with van der Waals surface area (Å²) in [5.74, 6) is -0.291. The van der Waals surface area contributed by atoms with Crippen LogP contribution in [0.15, 0.2) is 18.2 Å². The summed E-state index contributed by atoms with van der Waals surface area (Å²) >= 11 is 24.0. The maximum absolute atomic E-state index is 12.0. The lowest BCUT2D eigenvalue weighted by molar-refractivity contribution is -0.134. The average Bonchev–Trinajstić information content (AvgIpc) is 2.72. The molecule has 170 valence electrons. The summed E-state index contributed by atoms with van der Waals surface area (Å²) in [6, 6.07) is 1.42. The van der Waals surface area contributed by atoms with Crippen molar-refractivity contribution in [3.05, 3.63) is 38.3 Å². The smallest absolute Gasteiger partial charge is 0.311 e. The van der Waals surface area contributed by atoms with Crippen molar-refractivity contribution in [1.82, 2.24) is 0 Å². The molecule has 0 N–H and O–H groups in total. The molecule has 0 saturated heterocycles. The first-order valence-corrected chi connectivity index (χ1v) is 12.7. The number of carbonyl (C=O) groups is 1. The van der Waals surface area contributed by atoms with Gasteiger partial charge in [0.05, 0.1) is 15.1 Å². The highest BCUT2D eigenvalue weighted by molar-refractivity contribution is 6.50. The topological polar surface area (TPSA) is 26.3 Å². The number of carbonyl (C=O) groups excluding carboxylic acids is 1. The van der Waals surface area contributed by atoms with Crippen molar-refractivity contribution in [2.45, 2.75) is 96.8 Å². The van der Waals surface area contributed by atoms with Gasteiger partial charge in [0.2, 0.25) is 0 Å². The van der Waals surface area contributed by atoms with E-state index in [0.29, 0.717) is 6.42 Å². The fourth-order valence-electron chi connectivity index (χ4n) is 3.15. The molecule has 0 unspecified atom stereocenters. The Morgan fingerprint density at radius 1 is 0.767 bits per heavy atom. The number of benzene rings is 1. The van der Waals surface area contributed by atoms with Gasteiger partial charge in [-0.1, -0.05) is 117 Å². The van der Waals surface area contributed by atoms with E-state index in [9.17, 15) is 4.79 Å². The Balaban J connectivity index is 2.04. The number of ether oxygens (including phenoxy) is 1. The molecular formula is C24H34Cl4O2. The van der Waals surface area contributed by atoms with Gasteiger partial charge >= 0.3 is 5.97 Å². The molecule has 0 aliphatic carbocycles. The molecule has 30 heavy (non-hydrogen) atoms. The van der Waals surface area contributed by atoms with E-state index >= 15 is 0 Å². The third-order valence-corrected chi connectivity index (χ3v) is 6.46. The van der Waals surface area contributed by atoms with Gasteiger partial charge in [-0.3, -0.25) is 4.79 Å². The van der Waals surface area contributed by atoms with Gasteiger partial charge < -0.3 is 4.74 Å². The zero-order chi connectivity index (χ0) is 22.2. The third-order valence-electron chi connectivity index (χ3n) is 4.93. The SMILES string of the molecule is CCCCCCCC/C=C\CCCCCCCC(=O)Oc1c(Cl)cc(Cl)c(Cl)c1Cl. The molecule has 0 radical (unpaired) electrons. The predicted octanol–water partition coefficient (Wildman–Crippen LogP) is 10.2. The summed E-state index contributed by atoms with van der Waals surface area (Å²) in [6.07, 6.45) is 20.7. The summed E-state index contributed by atoms with van der Waals surface area (Å²) in [4.78, 5) is 12.0. The number of allylic oxidation sites excluding steroid dienone is 2. The van der Waals surface area contributed by atoms with Gasteiger partial charge in [-0.25, -0.2) is 0 Å². The third kappa shape index (κ3) is 11.8. The van der Waals surface area contributed by atoms with E-state index in [1.165, 1.54) is 63.9 Å². The molecular weight excluding hydrogens is 462 g/mol. The molecule has 0 fully saturated rings. The number of halogens is 4. The lowest BCUT2D eigenvalue weighted by Crippen LogP contribution is -2.08. The first-order chi connectivity index (χ1) is 14.5. The van der Waals surface area contributed by atoms with E-state index in [0.717, 1.165) is 25.7 Å². The second-order valence-electron chi connectivity index (χ2n) is 7.61. The standard InChI is InChI=1S/C24H34Cl4O2/c1-2-3-4-5-6-7-8-9-10-11-12-13-14-15-16-17-21(29)30-24-20(26)18-19(25)22(27)23(24)28/h9-10,18H,2-8,11-17H2,1H3/b10-9-. The molecule has 1 aromatic carbocycles. The molecule has 6 heteroatoms. The van der Waals surface area contributed by atoms with Crippen LogP contribution < -0.4 is 4.74 Å². The molecule has 0 aliphatic rings. The minimum absolute atomic E-state index is 0.0621. The maximum atomic E-state index is 12.0. The molecule has 1 aromatic rings. The molecule has 1 rings (SSSR count). The zero-order valence-corrected chi connectivity index (χ0v) is 21.0. The van der Waals surface area contributed by atoms with Gasteiger partial charge in [0.1, 0.15) is 5.02 Å². The van der Waals surface area contributed by atoms with Crippen LogP contribution in [0.2, 0.25) is 20.1 Å². The van der Waals surface area contributed by atoms with Gasteiger partial charge in [0, 0.05) is 6.42 Å². The highest BCUT2D eigenvalue weighted by Gasteiger charge is 2.17. The van der Waals surface area contributed by atoms with Crippen LogP contribution in [0, 0.1) is 0 Å². The van der Waals surface area contributed by atoms with E-state index in [1.54, 1.807) is 0 Å². The van der Waals surface area contributed by atoms with Crippen molar-refractivity contribution in [1.29, 1.82) is 0 Å². The summed E-state index contributed by atoms with van der Waals surface area (Å²) in [7, 11) is 0. The van der Waals surface area contributed by atoms with Crippen molar-refractivity contribution in [2.24, 2.45) is 0 Å². The minimum Gasteiger partial charge on any atom is -0.423 e. The van der Waals surface area contributed by atoms with E-state index in [-0.39, 0.29) is 31.8 Å².